The first-order valence-corrected chi connectivity index (χ1v) is 14.0. The molecule has 1 aliphatic rings. The van der Waals surface area contributed by atoms with Crippen LogP contribution >= 0.6 is 0 Å². The molecule has 0 aliphatic heterocycles. The molecule has 2 amide bonds. The first kappa shape index (κ1) is 31.5. The molecule has 0 heterocycles. The van der Waals surface area contributed by atoms with E-state index in [9.17, 15) is 14.4 Å². The van der Waals surface area contributed by atoms with Crippen molar-refractivity contribution in [1.82, 2.24) is 15.5 Å². The summed E-state index contributed by atoms with van der Waals surface area (Å²) in [5, 5.41) is 6.45. The number of ether oxygens (including phenoxy) is 1. The topological polar surface area (TPSA) is 87.7 Å². The van der Waals surface area contributed by atoms with Gasteiger partial charge in [-0.1, -0.05) is 83.9 Å². The van der Waals surface area contributed by atoms with Crippen LogP contribution in [0.1, 0.15) is 79.7 Å². The zero-order chi connectivity index (χ0) is 28.7. The summed E-state index contributed by atoms with van der Waals surface area (Å²) in [7, 11) is 3.57. The summed E-state index contributed by atoms with van der Waals surface area (Å²) in [6.45, 7) is 13.7. The summed E-state index contributed by atoms with van der Waals surface area (Å²) < 4.78 is 5.14. The average Bonchev–Trinajstić information content (AvgIpc) is 3.36. The van der Waals surface area contributed by atoms with E-state index < -0.39 is 17.5 Å². The van der Waals surface area contributed by atoms with Crippen LogP contribution in [0.5, 0.6) is 0 Å². The third-order valence-corrected chi connectivity index (χ3v) is 7.84. The zero-order valence-electron chi connectivity index (χ0n) is 24.9. The van der Waals surface area contributed by atoms with E-state index >= 15 is 0 Å². The number of amides is 2. The van der Waals surface area contributed by atoms with Crippen LogP contribution in [0.15, 0.2) is 42.0 Å². The van der Waals surface area contributed by atoms with Crippen molar-refractivity contribution in [2.75, 3.05) is 20.7 Å². The molecule has 2 rings (SSSR count). The van der Waals surface area contributed by atoms with Crippen molar-refractivity contribution in [3.8, 4) is 0 Å². The number of esters is 1. The quantitative estimate of drug-likeness (QED) is 0.324. The first-order valence-electron chi connectivity index (χ1n) is 14.0. The van der Waals surface area contributed by atoms with Gasteiger partial charge >= 0.3 is 5.97 Å². The molecule has 1 aliphatic carbocycles. The van der Waals surface area contributed by atoms with Crippen LogP contribution in [0.3, 0.4) is 0 Å². The summed E-state index contributed by atoms with van der Waals surface area (Å²) in [5.41, 5.74) is 0.762. The molecule has 2 N–H and O–H groups in total. The molecule has 7 nitrogen and oxygen atoms in total. The molecule has 0 saturated heterocycles. The Morgan fingerprint density at radius 2 is 1.68 bits per heavy atom. The zero-order valence-corrected chi connectivity index (χ0v) is 24.9. The Morgan fingerprint density at radius 3 is 2.16 bits per heavy atom. The van der Waals surface area contributed by atoms with Gasteiger partial charge in [0.05, 0.1) is 18.7 Å². The molecule has 3 atom stereocenters. The van der Waals surface area contributed by atoms with Gasteiger partial charge in [-0.3, -0.25) is 9.59 Å². The Kier molecular flexibility index (Phi) is 11.1. The summed E-state index contributed by atoms with van der Waals surface area (Å²) in [5.74, 6) is -0.694. The van der Waals surface area contributed by atoms with E-state index in [1.54, 1.807) is 31.9 Å². The predicted molar refractivity (Wildman–Crippen MR) is 153 cm³/mol. The van der Waals surface area contributed by atoms with Crippen LogP contribution in [-0.4, -0.2) is 61.5 Å². The molecule has 1 unspecified atom stereocenters. The lowest BCUT2D eigenvalue weighted by Gasteiger charge is -2.41. The highest BCUT2D eigenvalue weighted by atomic mass is 16.5. The number of carbonyl (C=O) groups excluding carboxylic acids is 3. The molecule has 1 aromatic carbocycles. The van der Waals surface area contributed by atoms with Crippen molar-refractivity contribution in [3.63, 3.8) is 0 Å². The number of rotatable bonds is 11. The van der Waals surface area contributed by atoms with Crippen molar-refractivity contribution in [2.24, 2.45) is 11.3 Å². The summed E-state index contributed by atoms with van der Waals surface area (Å²) in [4.78, 5) is 41.8. The highest BCUT2D eigenvalue weighted by molar-refractivity contribution is 5.92. The fourth-order valence-electron chi connectivity index (χ4n) is 5.72. The van der Waals surface area contributed by atoms with Crippen LogP contribution in [0, 0.1) is 11.3 Å². The second-order valence-electron chi connectivity index (χ2n) is 12.0. The number of carbonyl (C=O) groups is 3. The molecule has 0 radical (unpaired) electrons. The van der Waals surface area contributed by atoms with Crippen LogP contribution in [0.2, 0.25) is 0 Å². The molecule has 7 heteroatoms. The van der Waals surface area contributed by atoms with Gasteiger partial charge < -0.3 is 20.3 Å². The molecular weight excluding hydrogens is 478 g/mol. The van der Waals surface area contributed by atoms with Crippen LogP contribution in [0.4, 0.5) is 0 Å². The van der Waals surface area contributed by atoms with E-state index in [1.807, 2.05) is 59.9 Å². The minimum absolute atomic E-state index is 0.0505. The van der Waals surface area contributed by atoms with E-state index in [2.05, 4.69) is 22.8 Å². The van der Waals surface area contributed by atoms with Gasteiger partial charge in [0.15, 0.2) is 0 Å². The lowest BCUT2D eigenvalue weighted by Crippen LogP contribution is -2.62. The Labute approximate surface area is 229 Å². The number of nitrogens with one attached hydrogen (secondary N) is 2. The fraction of sp³-hybridized carbons (Fsp3) is 0.645. The molecule has 212 valence electrons. The van der Waals surface area contributed by atoms with Gasteiger partial charge in [-0.05, 0) is 50.6 Å². The normalized spacial score (nSPS) is 18.0. The standard InChI is InChI=1S/C31H49N3O4/c1-10-38-29(37)22(4)20-24(21(2)3)34(9)28(36)26(30(5,6)7)33-27(35)25(32-8)31(18-14-15-19-31)23-16-12-11-13-17-23/h11-13,16-17,20-21,24-26,32H,10,14-15,18-19H2,1-9H3,(H,33,35)/t24-,25?,26-/m1/s1. The summed E-state index contributed by atoms with van der Waals surface area (Å²) in [6.07, 6.45) is 5.75. The Morgan fingerprint density at radius 1 is 1.11 bits per heavy atom. The Hall–Kier alpha value is -2.67. The van der Waals surface area contributed by atoms with Crippen molar-refractivity contribution < 1.29 is 19.1 Å². The Bertz CT molecular complexity index is 975. The van der Waals surface area contributed by atoms with E-state index in [-0.39, 0.29) is 35.2 Å². The van der Waals surface area contributed by atoms with Gasteiger partial charge in [0.25, 0.3) is 0 Å². The first-order chi connectivity index (χ1) is 17.8. The molecule has 0 bridgehead atoms. The number of hydrogen-bond donors (Lipinski definition) is 2. The predicted octanol–water partition coefficient (Wildman–Crippen LogP) is 4.61. The molecule has 0 aromatic heterocycles. The maximum Gasteiger partial charge on any atom is 0.333 e. The maximum atomic E-state index is 14.0. The van der Waals surface area contributed by atoms with E-state index in [1.165, 1.54) is 0 Å². The minimum atomic E-state index is -0.748. The highest BCUT2D eigenvalue weighted by Crippen LogP contribution is 2.44. The summed E-state index contributed by atoms with van der Waals surface area (Å²) >= 11 is 0. The van der Waals surface area contributed by atoms with Crippen molar-refractivity contribution in [1.29, 1.82) is 0 Å². The van der Waals surface area contributed by atoms with E-state index in [0.717, 1.165) is 31.2 Å². The maximum absolute atomic E-state index is 14.0. The largest absolute Gasteiger partial charge is 0.463 e. The third kappa shape index (κ3) is 7.25. The fourth-order valence-corrected chi connectivity index (χ4v) is 5.72. The second kappa shape index (κ2) is 13.4. The molecular formula is C31H49N3O4. The minimum Gasteiger partial charge on any atom is -0.463 e. The van der Waals surface area contributed by atoms with Crippen LogP contribution in [-0.2, 0) is 24.5 Å². The lowest BCUT2D eigenvalue weighted by molar-refractivity contribution is -0.141. The SMILES string of the molecule is CCOC(=O)C(C)=C[C@H](C(C)C)N(C)C(=O)[C@@H](NC(=O)C(NC)C1(c2ccccc2)CCCC1)C(C)(C)C. The third-order valence-electron chi connectivity index (χ3n) is 7.84. The molecule has 1 aromatic rings. The van der Waals surface area contributed by atoms with Crippen LogP contribution in [0.25, 0.3) is 0 Å². The van der Waals surface area contributed by atoms with Gasteiger partial charge in [0, 0.05) is 18.0 Å². The number of benzene rings is 1. The van der Waals surface area contributed by atoms with Crippen molar-refractivity contribution in [2.45, 2.75) is 97.7 Å². The van der Waals surface area contributed by atoms with Gasteiger partial charge in [0.2, 0.25) is 11.8 Å². The number of likely N-dealkylation sites (N-methyl/N-ethyl adjacent to an activating group) is 2. The van der Waals surface area contributed by atoms with Gasteiger partial charge in [0.1, 0.15) is 6.04 Å². The molecule has 0 spiro atoms. The van der Waals surface area contributed by atoms with E-state index in [0.29, 0.717) is 12.2 Å². The lowest BCUT2D eigenvalue weighted by atomic mass is 9.72. The Balaban J connectivity index is 2.37. The molecule has 1 saturated carbocycles. The average molecular weight is 528 g/mol. The smallest absolute Gasteiger partial charge is 0.333 e. The van der Waals surface area contributed by atoms with Gasteiger partial charge in [-0.2, -0.15) is 0 Å². The molecule has 38 heavy (non-hydrogen) atoms. The number of hydrogen-bond acceptors (Lipinski definition) is 5. The van der Waals surface area contributed by atoms with Gasteiger partial charge in [-0.25, -0.2) is 4.79 Å². The van der Waals surface area contributed by atoms with Crippen LogP contribution < -0.4 is 10.6 Å². The van der Waals surface area contributed by atoms with E-state index in [4.69, 9.17) is 4.74 Å². The monoisotopic (exact) mass is 527 g/mol. The molecule has 1 fully saturated rings. The summed E-state index contributed by atoms with van der Waals surface area (Å²) in [6, 6.07) is 8.70. The van der Waals surface area contributed by atoms with Gasteiger partial charge in [-0.15, -0.1) is 0 Å². The number of nitrogens with zero attached hydrogens (tertiary/aromatic N) is 1. The van der Waals surface area contributed by atoms with Crippen molar-refractivity contribution in [3.05, 3.63) is 47.5 Å². The van der Waals surface area contributed by atoms with Crippen molar-refractivity contribution >= 4 is 17.8 Å². The second-order valence-corrected chi connectivity index (χ2v) is 12.0. The highest BCUT2D eigenvalue weighted by Gasteiger charge is 2.47.